The van der Waals surface area contributed by atoms with Gasteiger partial charge >= 0.3 is 0 Å². The number of carbonyl (C=O) groups is 1. The van der Waals surface area contributed by atoms with Crippen molar-refractivity contribution in [2.24, 2.45) is 0 Å². The van der Waals surface area contributed by atoms with Gasteiger partial charge in [-0.25, -0.2) is 4.98 Å². The minimum atomic E-state index is 0.148. The summed E-state index contributed by atoms with van der Waals surface area (Å²) in [5.41, 5.74) is 1.71. The molecule has 1 amide bonds. The Morgan fingerprint density at radius 1 is 1.24 bits per heavy atom. The second kappa shape index (κ2) is 8.98. The van der Waals surface area contributed by atoms with Gasteiger partial charge in [0.2, 0.25) is 5.91 Å². The summed E-state index contributed by atoms with van der Waals surface area (Å²) in [5.74, 6) is 2.10. The molecule has 29 heavy (non-hydrogen) atoms. The molecule has 0 radical (unpaired) electrons. The lowest BCUT2D eigenvalue weighted by molar-refractivity contribution is -0.122. The van der Waals surface area contributed by atoms with Crippen LogP contribution in [-0.4, -0.2) is 43.1 Å². The molecule has 1 fully saturated rings. The van der Waals surface area contributed by atoms with E-state index in [0.717, 1.165) is 36.3 Å². The molecule has 0 spiro atoms. The van der Waals surface area contributed by atoms with Crippen molar-refractivity contribution in [2.45, 2.75) is 57.9 Å². The molecule has 0 saturated heterocycles. The fraction of sp³-hybridized carbons (Fsp3) is 0.476. The van der Waals surface area contributed by atoms with Crippen molar-refractivity contribution < 1.29 is 4.79 Å². The molecule has 8 heteroatoms. The van der Waals surface area contributed by atoms with Crippen LogP contribution in [-0.2, 0) is 4.79 Å². The monoisotopic (exact) mass is 393 g/mol. The second-order valence-corrected chi connectivity index (χ2v) is 7.60. The van der Waals surface area contributed by atoms with E-state index in [-0.39, 0.29) is 5.91 Å². The van der Waals surface area contributed by atoms with Crippen molar-refractivity contribution in [1.29, 1.82) is 0 Å². The van der Waals surface area contributed by atoms with Gasteiger partial charge in [-0.15, -0.1) is 5.10 Å². The molecule has 3 aromatic heterocycles. The smallest absolute Gasteiger partial charge is 0.254 e. The fourth-order valence-corrected chi connectivity index (χ4v) is 3.74. The standard InChI is InChI=1S/C21H27N7O/c1-15-13-18(23-12-6-10-19(29)25-17-8-3-2-4-9-17)28-21(24-15)26-20(27-28)16-7-5-11-22-14-16/h5,7,11,13-14,17,23H,2-4,6,8-10,12H2,1H3,(H,25,29). The Morgan fingerprint density at radius 3 is 2.90 bits per heavy atom. The zero-order valence-corrected chi connectivity index (χ0v) is 16.8. The predicted octanol–water partition coefficient (Wildman–Crippen LogP) is 3.14. The normalized spacial score (nSPS) is 14.8. The molecule has 8 nitrogen and oxygen atoms in total. The van der Waals surface area contributed by atoms with Gasteiger partial charge in [-0.2, -0.15) is 9.50 Å². The third-order valence-electron chi connectivity index (χ3n) is 5.22. The maximum atomic E-state index is 12.2. The topological polar surface area (TPSA) is 97.1 Å². The minimum Gasteiger partial charge on any atom is -0.370 e. The third-order valence-corrected chi connectivity index (χ3v) is 5.22. The number of rotatable bonds is 7. The van der Waals surface area contributed by atoms with Crippen LogP contribution in [0.15, 0.2) is 30.6 Å². The molecule has 0 unspecified atom stereocenters. The summed E-state index contributed by atoms with van der Waals surface area (Å²) in [4.78, 5) is 25.3. The number of nitrogens with one attached hydrogen (secondary N) is 2. The maximum Gasteiger partial charge on any atom is 0.254 e. The number of fused-ring (bicyclic) bond motifs is 1. The Bertz CT molecular complexity index is 964. The van der Waals surface area contributed by atoms with Gasteiger partial charge in [0.15, 0.2) is 5.82 Å². The summed E-state index contributed by atoms with van der Waals surface area (Å²) in [6.45, 7) is 2.61. The molecule has 0 aliphatic heterocycles. The van der Waals surface area contributed by atoms with Crippen LogP contribution in [0.1, 0.15) is 50.6 Å². The highest BCUT2D eigenvalue weighted by atomic mass is 16.1. The quantitative estimate of drug-likeness (QED) is 0.599. The Hall–Kier alpha value is -3.03. The highest BCUT2D eigenvalue weighted by Crippen LogP contribution is 2.19. The largest absolute Gasteiger partial charge is 0.370 e. The van der Waals surface area contributed by atoms with Gasteiger partial charge in [-0.05, 0) is 38.3 Å². The number of amides is 1. The Labute approximate surface area is 170 Å². The Balaban J connectivity index is 1.36. The van der Waals surface area contributed by atoms with E-state index in [4.69, 9.17) is 0 Å². The lowest BCUT2D eigenvalue weighted by Crippen LogP contribution is -2.36. The van der Waals surface area contributed by atoms with Gasteiger partial charge < -0.3 is 10.6 Å². The van der Waals surface area contributed by atoms with Crippen molar-refractivity contribution in [3.63, 3.8) is 0 Å². The van der Waals surface area contributed by atoms with Crippen LogP contribution in [0, 0.1) is 6.92 Å². The van der Waals surface area contributed by atoms with E-state index >= 15 is 0 Å². The minimum absolute atomic E-state index is 0.148. The predicted molar refractivity (Wildman–Crippen MR) is 111 cm³/mol. The van der Waals surface area contributed by atoms with Crippen LogP contribution in [0.5, 0.6) is 0 Å². The summed E-state index contributed by atoms with van der Waals surface area (Å²) < 4.78 is 1.71. The van der Waals surface area contributed by atoms with Crippen LogP contribution >= 0.6 is 0 Å². The van der Waals surface area contributed by atoms with E-state index < -0.39 is 0 Å². The third kappa shape index (κ3) is 4.88. The van der Waals surface area contributed by atoms with Gasteiger partial charge in [-0.3, -0.25) is 9.78 Å². The molecule has 1 aliphatic carbocycles. The molecule has 1 aliphatic rings. The molecule has 2 N–H and O–H groups in total. The van der Waals surface area contributed by atoms with Crippen molar-refractivity contribution in [3.05, 3.63) is 36.3 Å². The molecule has 0 bridgehead atoms. The van der Waals surface area contributed by atoms with E-state index in [2.05, 4.69) is 30.7 Å². The average molecular weight is 393 g/mol. The first kappa shape index (κ1) is 19.3. The number of aryl methyl sites for hydroxylation is 1. The number of pyridine rings is 1. The highest BCUT2D eigenvalue weighted by molar-refractivity contribution is 5.76. The van der Waals surface area contributed by atoms with E-state index in [1.165, 1.54) is 19.3 Å². The zero-order chi connectivity index (χ0) is 20.1. The lowest BCUT2D eigenvalue weighted by Gasteiger charge is -2.22. The molecule has 1 saturated carbocycles. The van der Waals surface area contributed by atoms with E-state index in [1.807, 2.05) is 25.1 Å². The van der Waals surface area contributed by atoms with Crippen LogP contribution in [0.2, 0.25) is 0 Å². The van der Waals surface area contributed by atoms with Crippen LogP contribution in [0.4, 0.5) is 5.82 Å². The molecule has 3 heterocycles. The molecular formula is C21H27N7O. The van der Waals surface area contributed by atoms with E-state index in [1.54, 1.807) is 16.9 Å². The van der Waals surface area contributed by atoms with Gasteiger partial charge in [0.25, 0.3) is 5.78 Å². The number of aromatic nitrogens is 5. The highest BCUT2D eigenvalue weighted by Gasteiger charge is 2.15. The average Bonchev–Trinajstić information content (AvgIpc) is 3.16. The summed E-state index contributed by atoms with van der Waals surface area (Å²) in [5, 5.41) is 11.1. The van der Waals surface area contributed by atoms with Crippen molar-refractivity contribution in [1.82, 2.24) is 29.9 Å². The number of hydrogen-bond acceptors (Lipinski definition) is 6. The van der Waals surface area contributed by atoms with E-state index in [9.17, 15) is 4.79 Å². The Kier molecular flexibility index (Phi) is 5.97. The van der Waals surface area contributed by atoms with Crippen molar-refractivity contribution in [3.8, 4) is 11.4 Å². The molecule has 4 rings (SSSR count). The number of hydrogen-bond donors (Lipinski definition) is 2. The second-order valence-electron chi connectivity index (χ2n) is 7.60. The molecule has 152 valence electrons. The summed E-state index contributed by atoms with van der Waals surface area (Å²) in [6.07, 6.45) is 10.7. The Morgan fingerprint density at radius 2 is 2.10 bits per heavy atom. The maximum absolute atomic E-state index is 12.2. The zero-order valence-electron chi connectivity index (χ0n) is 16.8. The fourth-order valence-electron chi connectivity index (χ4n) is 3.74. The van der Waals surface area contributed by atoms with Crippen LogP contribution < -0.4 is 10.6 Å². The van der Waals surface area contributed by atoms with Gasteiger partial charge in [0.1, 0.15) is 5.82 Å². The summed E-state index contributed by atoms with van der Waals surface area (Å²) in [7, 11) is 0. The van der Waals surface area contributed by atoms with Crippen LogP contribution in [0.25, 0.3) is 17.2 Å². The van der Waals surface area contributed by atoms with Crippen molar-refractivity contribution in [2.75, 3.05) is 11.9 Å². The van der Waals surface area contributed by atoms with Gasteiger partial charge in [0.05, 0.1) is 0 Å². The molecule has 0 atom stereocenters. The van der Waals surface area contributed by atoms with Gasteiger partial charge in [-0.1, -0.05) is 19.3 Å². The summed E-state index contributed by atoms with van der Waals surface area (Å²) >= 11 is 0. The number of nitrogens with zero attached hydrogens (tertiary/aromatic N) is 5. The first-order valence-electron chi connectivity index (χ1n) is 10.4. The lowest BCUT2D eigenvalue weighted by atomic mass is 9.95. The van der Waals surface area contributed by atoms with Crippen molar-refractivity contribution >= 4 is 17.5 Å². The molecular weight excluding hydrogens is 366 g/mol. The molecule has 3 aromatic rings. The number of carbonyl (C=O) groups excluding carboxylic acids is 1. The van der Waals surface area contributed by atoms with Crippen LogP contribution in [0.3, 0.4) is 0 Å². The van der Waals surface area contributed by atoms with E-state index in [0.29, 0.717) is 30.6 Å². The first-order chi connectivity index (χ1) is 14.2. The molecule has 0 aromatic carbocycles. The summed E-state index contributed by atoms with van der Waals surface area (Å²) in [6, 6.07) is 6.09. The first-order valence-corrected chi connectivity index (χ1v) is 10.4. The van der Waals surface area contributed by atoms with Gasteiger partial charge in [0, 0.05) is 48.7 Å². The number of anilines is 1. The SMILES string of the molecule is Cc1cc(NCCCC(=O)NC2CCCCC2)n2nc(-c3cccnc3)nc2n1.